The van der Waals surface area contributed by atoms with Gasteiger partial charge in [-0.2, -0.15) is 0 Å². The van der Waals surface area contributed by atoms with Crippen LogP contribution in [0.15, 0.2) is 54.9 Å². The van der Waals surface area contributed by atoms with E-state index >= 15 is 0 Å². The number of anilines is 1. The Balaban J connectivity index is 1.67. The molecule has 27 heavy (non-hydrogen) atoms. The number of imidazole rings is 1. The molecule has 0 bridgehead atoms. The Hall–Kier alpha value is -3.15. The molecule has 0 radical (unpaired) electrons. The number of hydrogen-bond donors (Lipinski definition) is 1. The Morgan fingerprint density at radius 2 is 1.85 bits per heavy atom. The maximum absolute atomic E-state index is 12.8. The molecule has 2 aromatic carbocycles. The van der Waals surface area contributed by atoms with Gasteiger partial charge in [0.15, 0.2) is 0 Å². The van der Waals surface area contributed by atoms with Gasteiger partial charge in [-0.05, 0) is 37.1 Å². The predicted octanol–water partition coefficient (Wildman–Crippen LogP) is 3.26. The second kappa shape index (κ2) is 8.03. The molecule has 0 aliphatic carbocycles. The predicted molar refractivity (Wildman–Crippen MR) is 107 cm³/mol. The number of carbonyl (C=O) groups is 2. The van der Waals surface area contributed by atoms with Crippen LogP contribution in [0, 0.1) is 0 Å². The molecular formula is C21H24N4O2. The summed E-state index contributed by atoms with van der Waals surface area (Å²) in [4.78, 5) is 31.0. The summed E-state index contributed by atoms with van der Waals surface area (Å²) in [7, 11) is 1.64. The van der Waals surface area contributed by atoms with Crippen molar-refractivity contribution in [2.24, 2.45) is 0 Å². The highest BCUT2D eigenvalue weighted by Crippen LogP contribution is 2.19. The second-order valence-electron chi connectivity index (χ2n) is 6.57. The van der Waals surface area contributed by atoms with Crippen LogP contribution in [0.3, 0.4) is 0 Å². The summed E-state index contributed by atoms with van der Waals surface area (Å²) in [5, 5.41) is 2.90. The SMILES string of the molecule is CCc1ccccc1NC(=O)CN(C)C(=O)C(C)n1cnc2ccccc21. The van der Waals surface area contributed by atoms with E-state index in [0.29, 0.717) is 0 Å². The van der Waals surface area contributed by atoms with Gasteiger partial charge in [0.25, 0.3) is 0 Å². The Morgan fingerprint density at radius 3 is 2.63 bits per heavy atom. The lowest BCUT2D eigenvalue weighted by molar-refractivity contribution is -0.135. The number of aromatic nitrogens is 2. The second-order valence-corrected chi connectivity index (χ2v) is 6.57. The number of carbonyl (C=O) groups excluding carboxylic acids is 2. The standard InChI is InChI=1S/C21H24N4O2/c1-4-16-9-5-6-10-17(16)23-20(26)13-24(3)21(27)15(2)25-14-22-18-11-7-8-12-19(18)25/h5-12,14-15H,4,13H2,1-3H3,(H,23,26). The van der Waals surface area contributed by atoms with Crippen molar-refractivity contribution >= 4 is 28.5 Å². The van der Waals surface area contributed by atoms with Gasteiger partial charge in [-0.15, -0.1) is 0 Å². The van der Waals surface area contributed by atoms with Gasteiger partial charge in [-0.25, -0.2) is 4.98 Å². The smallest absolute Gasteiger partial charge is 0.245 e. The van der Waals surface area contributed by atoms with Gasteiger partial charge in [0, 0.05) is 12.7 Å². The summed E-state index contributed by atoms with van der Waals surface area (Å²) in [6.45, 7) is 3.85. The topological polar surface area (TPSA) is 67.2 Å². The van der Waals surface area contributed by atoms with E-state index in [0.717, 1.165) is 28.7 Å². The minimum atomic E-state index is -0.446. The molecule has 3 rings (SSSR count). The highest BCUT2D eigenvalue weighted by Gasteiger charge is 2.22. The number of benzene rings is 2. The van der Waals surface area contributed by atoms with E-state index in [9.17, 15) is 9.59 Å². The molecule has 2 amide bonds. The third-order valence-corrected chi connectivity index (χ3v) is 4.69. The molecule has 0 spiro atoms. The summed E-state index contributed by atoms with van der Waals surface area (Å²) >= 11 is 0. The van der Waals surface area contributed by atoms with Gasteiger partial charge >= 0.3 is 0 Å². The van der Waals surface area contributed by atoms with Crippen LogP contribution in [0.5, 0.6) is 0 Å². The van der Waals surface area contributed by atoms with Gasteiger partial charge < -0.3 is 14.8 Å². The van der Waals surface area contributed by atoms with Crippen molar-refractivity contribution in [2.45, 2.75) is 26.3 Å². The molecule has 1 aromatic heterocycles. The summed E-state index contributed by atoms with van der Waals surface area (Å²) in [5.74, 6) is -0.355. The first-order valence-corrected chi connectivity index (χ1v) is 9.05. The van der Waals surface area contributed by atoms with E-state index in [-0.39, 0.29) is 18.4 Å². The Kier molecular flexibility index (Phi) is 5.54. The number of aryl methyl sites for hydroxylation is 1. The lowest BCUT2D eigenvalue weighted by Crippen LogP contribution is -2.38. The van der Waals surface area contributed by atoms with Crippen LogP contribution >= 0.6 is 0 Å². The maximum atomic E-state index is 12.8. The summed E-state index contributed by atoms with van der Waals surface area (Å²) in [6, 6.07) is 14.9. The molecule has 0 aliphatic rings. The number of fused-ring (bicyclic) bond motifs is 1. The zero-order valence-corrected chi connectivity index (χ0v) is 15.8. The number of hydrogen-bond acceptors (Lipinski definition) is 3. The summed E-state index contributed by atoms with van der Waals surface area (Å²) in [6.07, 6.45) is 2.49. The average molecular weight is 364 g/mol. The highest BCUT2D eigenvalue weighted by molar-refractivity contribution is 5.95. The molecule has 3 aromatic rings. The Morgan fingerprint density at radius 1 is 1.15 bits per heavy atom. The van der Waals surface area contributed by atoms with Crippen molar-refractivity contribution in [1.29, 1.82) is 0 Å². The third kappa shape index (κ3) is 4.00. The lowest BCUT2D eigenvalue weighted by atomic mass is 10.1. The minimum Gasteiger partial charge on any atom is -0.335 e. The van der Waals surface area contributed by atoms with Crippen molar-refractivity contribution in [1.82, 2.24) is 14.5 Å². The summed E-state index contributed by atoms with van der Waals surface area (Å²) < 4.78 is 1.83. The van der Waals surface area contributed by atoms with Gasteiger partial charge in [-0.1, -0.05) is 37.3 Å². The molecule has 1 heterocycles. The van der Waals surface area contributed by atoms with Crippen LogP contribution in [0.25, 0.3) is 11.0 Å². The van der Waals surface area contributed by atoms with E-state index in [4.69, 9.17) is 0 Å². The zero-order valence-electron chi connectivity index (χ0n) is 15.8. The number of amides is 2. The van der Waals surface area contributed by atoms with Crippen LogP contribution in [0.2, 0.25) is 0 Å². The molecule has 6 nitrogen and oxygen atoms in total. The molecule has 0 aliphatic heterocycles. The van der Waals surface area contributed by atoms with Gasteiger partial charge in [0.2, 0.25) is 11.8 Å². The minimum absolute atomic E-state index is 0.00610. The fraction of sp³-hybridized carbons (Fsp3) is 0.286. The average Bonchev–Trinajstić information content (AvgIpc) is 3.11. The fourth-order valence-corrected chi connectivity index (χ4v) is 3.16. The van der Waals surface area contributed by atoms with Gasteiger partial charge in [0.1, 0.15) is 6.04 Å². The highest BCUT2D eigenvalue weighted by atomic mass is 16.2. The Labute approximate surface area is 158 Å². The van der Waals surface area contributed by atoms with Crippen LogP contribution in [-0.4, -0.2) is 39.9 Å². The molecule has 0 saturated heterocycles. The number of rotatable bonds is 6. The Bertz CT molecular complexity index is 963. The number of nitrogens with zero attached hydrogens (tertiary/aromatic N) is 3. The van der Waals surface area contributed by atoms with Crippen molar-refractivity contribution < 1.29 is 9.59 Å². The van der Waals surface area contributed by atoms with E-state index in [1.54, 1.807) is 13.4 Å². The quantitative estimate of drug-likeness (QED) is 0.730. The normalized spacial score (nSPS) is 12.0. The number of likely N-dealkylation sites (N-methyl/N-ethyl adjacent to an activating group) is 1. The number of nitrogens with one attached hydrogen (secondary N) is 1. The lowest BCUT2D eigenvalue weighted by Gasteiger charge is -2.22. The molecule has 1 atom stereocenters. The zero-order chi connectivity index (χ0) is 19.4. The fourth-order valence-electron chi connectivity index (χ4n) is 3.16. The first-order chi connectivity index (χ1) is 13.0. The largest absolute Gasteiger partial charge is 0.335 e. The molecule has 1 unspecified atom stereocenters. The summed E-state index contributed by atoms with van der Waals surface area (Å²) in [5.41, 5.74) is 3.60. The molecule has 0 fully saturated rings. The van der Waals surface area contributed by atoms with E-state index < -0.39 is 6.04 Å². The molecule has 6 heteroatoms. The maximum Gasteiger partial charge on any atom is 0.245 e. The third-order valence-electron chi connectivity index (χ3n) is 4.69. The van der Waals surface area contributed by atoms with E-state index in [1.165, 1.54) is 4.90 Å². The molecular weight excluding hydrogens is 340 g/mol. The van der Waals surface area contributed by atoms with Crippen molar-refractivity contribution in [3.63, 3.8) is 0 Å². The van der Waals surface area contributed by atoms with Crippen LogP contribution in [-0.2, 0) is 16.0 Å². The molecule has 0 saturated carbocycles. The number of para-hydroxylation sites is 3. The van der Waals surface area contributed by atoms with Crippen molar-refractivity contribution in [2.75, 3.05) is 18.9 Å². The first-order valence-electron chi connectivity index (χ1n) is 9.05. The molecule has 140 valence electrons. The molecule has 1 N–H and O–H groups in total. The van der Waals surface area contributed by atoms with Crippen LogP contribution in [0.1, 0.15) is 25.5 Å². The monoisotopic (exact) mass is 364 g/mol. The van der Waals surface area contributed by atoms with Crippen molar-refractivity contribution in [3.05, 3.63) is 60.4 Å². The van der Waals surface area contributed by atoms with E-state index in [1.807, 2.05) is 66.9 Å². The van der Waals surface area contributed by atoms with Gasteiger partial charge in [-0.3, -0.25) is 9.59 Å². The van der Waals surface area contributed by atoms with Crippen molar-refractivity contribution in [3.8, 4) is 0 Å². The first kappa shape index (κ1) is 18.6. The van der Waals surface area contributed by atoms with Gasteiger partial charge in [0.05, 0.1) is 23.9 Å². The van der Waals surface area contributed by atoms with Crippen LogP contribution < -0.4 is 5.32 Å². The van der Waals surface area contributed by atoms with Crippen LogP contribution in [0.4, 0.5) is 5.69 Å². The van der Waals surface area contributed by atoms with E-state index in [2.05, 4.69) is 10.3 Å².